The van der Waals surface area contributed by atoms with E-state index in [4.69, 9.17) is 0 Å². The van der Waals surface area contributed by atoms with Gasteiger partial charge in [-0.3, -0.25) is 9.80 Å². The molecule has 2 nitrogen and oxygen atoms in total. The van der Waals surface area contributed by atoms with Crippen molar-refractivity contribution in [2.24, 2.45) is 0 Å². The summed E-state index contributed by atoms with van der Waals surface area (Å²) in [5.74, 6) is 0. The summed E-state index contributed by atoms with van der Waals surface area (Å²) >= 11 is 0. The number of rotatable bonds is 11. The fraction of sp³-hybridized carbons (Fsp3) is 0.429. The van der Waals surface area contributed by atoms with Crippen molar-refractivity contribution in [3.63, 3.8) is 0 Å². The molecular formula is C28H39N2+. The molecule has 0 saturated heterocycles. The molecule has 0 saturated carbocycles. The standard InChI is InChI=1S/C28H39N2/c1-7-10-22-29(6)27(25-18-14-23(4)15-19-25)12-11-13-28(30(8-2)9-3)26-20-16-24(5)17-21-26/h12-21,28H,7-10,22H2,1-6H3/q+1/b27-12+. The lowest BCUT2D eigenvalue weighted by atomic mass is 10.0. The van der Waals surface area contributed by atoms with Gasteiger partial charge in [-0.25, -0.2) is 0 Å². The first kappa shape index (κ1) is 23.9. The van der Waals surface area contributed by atoms with Crippen LogP contribution in [0.5, 0.6) is 0 Å². The number of hydrogen-bond donors (Lipinski definition) is 0. The van der Waals surface area contributed by atoms with Crippen LogP contribution in [0.4, 0.5) is 0 Å². The third-order valence-corrected chi connectivity index (χ3v) is 5.70. The van der Waals surface area contributed by atoms with Gasteiger partial charge in [0.1, 0.15) is 0 Å². The molecule has 30 heavy (non-hydrogen) atoms. The van der Waals surface area contributed by atoms with E-state index in [1.807, 2.05) is 0 Å². The molecule has 0 aliphatic heterocycles. The van der Waals surface area contributed by atoms with Crippen LogP contribution in [-0.2, 0) is 0 Å². The van der Waals surface area contributed by atoms with E-state index in [1.165, 1.54) is 40.8 Å². The van der Waals surface area contributed by atoms with Crippen LogP contribution in [-0.4, -0.2) is 36.5 Å². The summed E-state index contributed by atoms with van der Waals surface area (Å²) in [4.78, 5) is 4.82. The minimum absolute atomic E-state index is 0.233. The Bertz CT molecular complexity index is 796. The van der Waals surface area contributed by atoms with E-state index in [0.29, 0.717) is 0 Å². The van der Waals surface area contributed by atoms with Crippen LogP contribution in [0.2, 0.25) is 0 Å². The summed E-state index contributed by atoms with van der Waals surface area (Å²) in [6.07, 6.45) is 10.3. The van der Waals surface area contributed by atoms with Crippen LogP contribution < -0.4 is 0 Å². The van der Waals surface area contributed by atoms with E-state index in [-0.39, 0.29) is 6.04 Å². The lowest BCUT2D eigenvalue weighted by Gasteiger charge is -2.26. The molecule has 0 aliphatic rings. The summed E-state index contributed by atoms with van der Waals surface area (Å²) < 4.78 is 0. The molecule has 2 aromatic rings. The Morgan fingerprint density at radius 2 is 1.47 bits per heavy atom. The Labute approximate surface area is 184 Å². The van der Waals surface area contributed by atoms with Crippen molar-refractivity contribution >= 4 is 5.70 Å². The maximum atomic E-state index is 3.55. The fourth-order valence-corrected chi connectivity index (χ4v) is 3.67. The molecule has 0 spiro atoms. The SMILES string of the molecule is CCCCN(C)/C(=C/[C+]=CC(c1ccc(C)cc1)N(CC)CC)c1ccc(C)cc1. The highest BCUT2D eigenvalue weighted by molar-refractivity contribution is 5.65. The van der Waals surface area contributed by atoms with Crippen molar-refractivity contribution in [3.05, 3.63) is 89.0 Å². The molecule has 0 aromatic heterocycles. The topological polar surface area (TPSA) is 6.48 Å². The van der Waals surface area contributed by atoms with E-state index in [0.717, 1.165) is 19.6 Å². The van der Waals surface area contributed by atoms with E-state index >= 15 is 0 Å². The number of benzene rings is 2. The quantitative estimate of drug-likeness (QED) is 0.300. The van der Waals surface area contributed by atoms with Crippen LogP contribution in [0, 0.1) is 19.9 Å². The molecule has 1 atom stereocenters. The average molecular weight is 404 g/mol. The normalized spacial score (nSPS) is 13.0. The highest BCUT2D eigenvalue weighted by Gasteiger charge is 2.19. The third-order valence-electron chi connectivity index (χ3n) is 5.70. The van der Waals surface area contributed by atoms with Gasteiger partial charge >= 0.3 is 0 Å². The number of unbranched alkanes of at least 4 members (excludes halogenated alkanes) is 1. The third kappa shape index (κ3) is 6.83. The monoisotopic (exact) mass is 403 g/mol. The Kier molecular flexibility index (Phi) is 9.80. The molecule has 2 aromatic carbocycles. The summed E-state index contributed by atoms with van der Waals surface area (Å²) in [5.41, 5.74) is 6.37. The number of hydrogen-bond acceptors (Lipinski definition) is 2. The van der Waals surface area contributed by atoms with Gasteiger partial charge in [0.15, 0.2) is 11.8 Å². The van der Waals surface area contributed by atoms with Gasteiger partial charge in [0, 0.05) is 13.6 Å². The zero-order chi connectivity index (χ0) is 21.9. The second-order valence-electron chi connectivity index (χ2n) is 8.08. The fourth-order valence-electron chi connectivity index (χ4n) is 3.67. The predicted octanol–water partition coefficient (Wildman–Crippen LogP) is 6.82. The minimum atomic E-state index is 0.233. The highest BCUT2D eigenvalue weighted by Crippen LogP contribution is 2.24. The Morgan fingerprint density at radius 3 is 2.00 bits per heavy atom. The first-order valence-electron chi connectivity index (χ1n) is 11.4. The van der Waals surface area contributed by atoms with Gasteiger partial charge in [-0.05, 0) is 51.1 Å². The number of allylic oxidation sites excluding steroid dienone is 2. The largest absolute Gasteiger partial charge is 0.300 e. The molecule has 1 unspecified atom stereocenters. The Balaban J connectivity index is 2.36. The summed E-state index contributed by atoms with van der Waals surface area (Å²) in [5, 5.41) is 0. The lowest BCUT2D eigenvalue weighted by Crippen LogP contribution is -2.27. The minimum Gasteiger partial charge on any atom is -0.300 e. The van der Waals surface area contributed by atoms with Gasteiger partial charge in [-0.1, -0.05) is 74.7 Å². The summed E-state index contributed by atoms with van der Waals surface area (Å²) in [6.45, 7) is 14.0. The highest BCUT2D eigenvalue weighted by atomic mass is 15.1. The zero-order valence-corrected chi connectivity index (χ0v) is 19.8. The molecule has 0 amide bonds. The molecule has 160 valence electrons. The van der Waals surface area contributed by atoms with E-state index in [2.05, 4.69) is 118 Å². The van der Waals surface area contributed by atoms with Crippen LogP contribution in [0.25, 0.3) is 5.70 Å². The van der Waals surface area contributed by atoms with Crippen molar-refractivity contribution in [3.8, 4) is 0 Å². The Hall–Kier alpha value is -2.41. The van der Waals surface area contributed by atoms with Crippen molar-refractivity contribution in [2.45, 2.75) is 53.5 Å². The first-order chi connectivity index (χ1) is 14.5. The maximum absolute atomic E-state index is 3.55. The molecule has 0 fully saturated rings. The van der Waals surface area contributed by atoms with E-state index < -0.39 is 0 Å². The van der Waals surface area contributed by atoms with Gasteiger partial charge in [-0.15, -0.1) is 0 Å². The van der Waals surface area contributed by atoms with E-state index in [1.54, 1.807) is 0 Å². The molecule has 0 N–H and O–H groups in total. The second kappa shape index (κ2) is 12.3. The molecule has 0 bridgehead atoms. The van der Waals surface area contributed by atoms with Crippen molar-refractivity contribution in [1.82, 2.24) is 9.80 Å². The van der Waals surface area contributed by atoms with Crippen LogP contribution in [0.3, 0.4) is 0 Å². The van der Waals surface area contributed by atoms with Gasteiger partial charge in [0.05, 0.1) is 23.8 Å². The molecule has 0 radical (unpaired) electrons. The van der Waals surface area contributed by atoms with Gasteiger partial charge in [0.2, 0.25) is 0 Å². The maximum Gasteiger partial charge on any atom is 0.186 e. The van der Waals surface area contributed by atoms with Crippen molar-refractivity contribution < 1.29 is 0 Å². The summed E-state index contributed by atoms with van der Waals surface area (Å²) in [6, 6.07) is 17.9. The number of likely N-dealkylation sites (N-methyl/N-ethyl adjacent to an activating group) is 1. The first-order valence-corrected chi connectivity index (χ1v) is 11.4. The van der Waals surface area contributed by atoms with Crippen molar-refractivity contribution in [2.75, 3.05) is 26.7 Å². The molecule has 0 aliphatic carbocycles. The molecule has 2 heteroatoms. The second-order valence-corrected chi connectivity index (χ2v) is 8.08. The smallest absolute Gasteiger partial charge is 0.186 e. The Morgan fingerprint density at radius 1 is 0.900 bits per heavy atom. The van der Waals surface area contributed by atoms with E-state index in [9.17, 15) is 0 Å². The molecular weight excluding hydrogens is 364 g/mol. The predicted molar refractivity (Wildman–Crippen MR) is 131 cm³/mol. The molecule has 2 rings (SSSR count). The zero-order valence-electron chi connectivity index (χ0n) is 19.8. The summed E-state index contributed by atoms with van der Waals surface area (Å²) in [7, 11) is 2.19. The average Bonchev–Trinajstić information content (AvgIpc) is 2.76. The van der Waals surface area contributed by atoms with Crippen LogP contribution >= 0.6 is 0 Å². The number of aryl methyl sites for hydroxylation is 2. The van der Waals surface area contributed by atoms with Crippen LogP contribution in [0.15, 0.2) is 60.7 Å². The van der Waals surface area contributed by atoms with Gasteiger partial charge in [0.25, 0.3) is 0 Å². The number of nitrogens with zero attached hydrogens (tertiary/aromatic N) is 2. The van der Waals surface area contributed by atoms with Gasteiger partial charge < -0.3 is 0 Å². The van der Waals surface area contributed by atoms with Gasteiger partial charge in [-0.2, -0.15) is 0 Å². The van der Waals surface area contributed by atoms with Crippen LogP contribution in [0.1, 0.15) is 61.9 Å². The van der Waals surface area contributed by atoms with Crippen molar-refractivity contribution in [1.29, 1.82) is 0 Å². The lowest BCUT2D eigenvalue weighted by molar-refractivity contribution is 0.257. The molecule has 0 heterocycles.